The molecule has 1 aromatic heterocycles. The van der Waals surface area contributed by atoms with Crippen molar-refractivity contribution in [3.05, 3.63) is 35.5 Å². The summed E-state index contributed by atoms with van der Waals surface area (Å²) in [5.74, 6) is -0.773. The molecule has 0 spiro atoms. The van der Waals surface area contributed by atoms with Crippen molar-refractivity contribution in [2.45, 2.75) is 6.92 Å². The van der Waals surface area contributed by atoms with Crippen LogP contribution in [-0.4, -0.2) is 28.4 Å². The lowest BCUT2D eigenvalue weighted by Crippen LogP contribution is -1.99. The molecule has 2 rings (SSSR count). The highest BCUT2D eigenvalue weighted by molar-refractivity contribution is 5.95. The summed E-state index contributed by atoms with van der Waals surface area (Å²) in [5.41, 5.74) is 2.33. The number of rotatable bonds is 3. The summed E-state index contributed by atoms with van der Waals surface area (Å²) in [4.78, 5) is 11.1. The summed E-state index contributed by atoms with van der Waals surface area (Å²) in [6, 6.07) is 7.52. The lowest BCUT2D eigenvalue weighted by atomic mass is 10.0. The summed E-state index contributed by atoms with van der Waals surface area (Å²) < 4.78 is 5.06. The number of H-pyrrole nitrogens is 1. The number of methoxy groups -OCH3 is 1. The highest BCUT2D eigenvalue weighted by atomic mass is 16.5. The Labute approximate surface area is 98.0 Å². The van der Waals surface area contributed by atoms with Gasteiger partial charge >= 0.3 is 5.97 Å². The van der Waals surface area contributed by atoms with Gasteiger partial charge in [-0.2, -0.15) is 0 Å². The van der Waals surface area contributed by atoms with Crippen molar-refractivity contribution in [1.29, 1.82) is 0 Å². The molecule has 0 aliphatic carbocycles. The van der Waals surface area contributed by atoms with E-state index >= 15 is 0 Å². The third-order valence-electron chi connectivity index (χ3n) is 2.45. The van der Waals surface area contributed by atoms with Crippen molar-refractivity contribution in [2.24, 2.45) is 0 Å². The number of aromatic carboxylic acids is 1. The van der Waals surface area contributed by atoms with Gasteiger partial charge in [-0.05, 0) is 12.5 Å². The average molecular weight is 232 g/mol. The first-order chi connectivity index (χ1) is 8.13. The van der Waals surface area contributed by atoms with Crippen molar-refractivity contribution in [3.63, 3.8) is 0 Å². The fourth-order valence-electron chi connectivity index (χ4n) is 1.70. The number of nitrogens with one attached hydrogen (secondary N) is 1. The third kappa shape index (κ3) is 1.99. The van der Waals surface area contributed by atoms with Gasteiger partial charge in [0.05, 0.1) is 12.7 Å². The van der Waals surface area contributed by atoms with E-state index in [2.05, 4.69) is 10.2 Å². The molecule has 0 aliphatic rings. The maximum atomic E-state index is 11.1. The first kappa shape index (κ1) is 11.2. The Balaban J connectivity index is 2.64. The molecule has 17 heavy (non-hydrogen) atoms. The number of carboxylic acids is 1. The van der Waals surface area contributed by atoms with Gasteiger partial charge in [0.25, 0.3) is 0 Å². The second kappa shape index (κ2) is 4.29. The second-order valence-electron chi connectivity index (χ2n) is 3.66. The molecule has 0 atom stereocenters. The van der Waals surface area contributed by atoms with E-state index in [0.717, 1.165) is 11.1 Å². The number of carboxylic acid groups (broad SMARTS) is 1. The molecule has 0 amide bonds. The van der Waals surface area contributed by atoms with E-state index in [-0.39, 0.29) is 11.6 Å². The maximum Gasteiger partial charge on any atom is 0.354 e. The van der Waals surface area contributed by atoms with Crippen LogP contribution in [-0.2, 0) is 0 Å². The molecule has 2 aromatic rings. The normalized spacial score (nSPS) is 10.2. The largest absolute Gasteiger partial charge is 0.479 e. The monoisotopic (exact) mass is 232 g/mol. The van der Waals surface area contributed by atoms with Crippen LogP contribution < -0.4 is 4.74 Å². The zero-order valence-electron chi connectivity index (χ0n) is 9.52. The van der Waals surface area contributed by atoms with E-state index in [1.807, 2.05) is 31.2 Å². The number of aryl methyl sites for hydroxylation is 1. The van der Waals surface area contributed by atoms with E-state index in [1.165, 1.54) is 7.11 Å². The summed E-state index contributed by atoms with van der Waals surface area (Å²) in [6.07, 6.45) is 0. The van der Waals surface area contributed by atoms with Gasteiger partial charge in [0.2, 0.25) is 5.88 Å². The van der Waals surface area contributed by atoms with Crippen LogP contribution in [0.25, 0.3) is 11.1 Å². The van der Waals surface area contributed by atoms with Crippen molar-refractivity contribution in [2.75, 3.05) is 7.11 Å². The molecule has 1 aromatic carbocycles. The minimum absolute atomic E-state index is 0.0347. The summed E-state index contributed by atoms with van der Waals surface area (Å²) in [7, 11) is 1.46. The third-order valence-corrected chi connectivity index (χ3v) is 2.45. The van der Waals surface area contributed by atoms with Crippen LogP contribution in [0.2, 0.25) is 0 Å². The van der Waals surface area contributed by atoms with Gasteiger partial charge in [0, 0.05) is 0 Å². The van der Waals surface area contributed by atoms with Gasteiger partial charge in [-0.25, -0.2) is 4.79 Å². The van der Waals surface area contributed by atoms with Crippen LogP contribution in [0.5, 0.6) is 5.88 Å². The lowest BCUT2D eigenvalue weighted by molar-refractivity contribution is 0.0691. The number of benzene rings is 1. The van der Waals surface area contributed by atoms with E-state index in [1.54, 1.807) is 0 Å². The standard InChI is InChI=1S/C12H12N2O3/c1-7-4-3-5-8(6-7)9-10(12(15)16)13-14-11(9)17-2/h3-6H,1-2H3,(H,13,14)(H,15,16). The molecule has 0 aliphatic heterocycles. The van der Waals surface area contributed by atoms with Crippen LogP contribution in [0.1, 0.15) is 16.1 Å². The fourth-order valence-corrected chi connectivity index (χ4v) is 1.70. The molecule has 2 N–H and O–H groups in total. The van der Waals surface area contributed by atoms with Gasteiger partial charge in [-0.15, -0.1) is 5.10 Å². The zero-order valence-corrected chi connectivity index (χ0v) is 9.52. The van der Waals surface area contributed by atoms with E-state index in [4.69, 9.17) is 9.84 Å². The van der Waals surface area contributed by atoms with E-state index in [0.29, 0.717) is 5.56 Å². The van der Waals surface area contributed by atoms with Crippen molar-refractivity contribution >= 4 is 5.97 Å². The molecule has 0 saturated carbocycles. The number of aromatic nitrogens is 2. The number of ether oxygens (including phenoxy) is 1. The Morgan fingerprint density at radius 3 is 2.82 bits per heavy atom. The Morgan fingerprint density at radius 1 is 1.47 bits per heavy atom. The van der Waals surface area contributed by atoms with E-state index < -0.39 is 5.97 Å². The van der Waals surface area contributed by atoms with Crippen LogP contribution in [0.3, 0.4) is 0 Å². The van der Waals surface area contributed by atoms with Crippen molar-refractivity contribution in [1.82, 2.24) is 10.2 Å². The Kier molecular flexibility index (Phi) is 2.82. The van der Waals surface area contributed by atoms with Gasteiger partial charge in [-0.3, -0.25) is 5.10 Å². The lowest BCUT2D eigenvalue weighted by Gasteiger charge is -2.03. The average Bonchev–Trinajstić information content (AvgIpc) is 2.72. The molecular weight excluding hydrogens is 220 g/mol. The molecule has 1 heterocycles. The topological polar surface area (TPSA) is 75.2 Å². The first-order valence-electron chi connectivity index (χ1n) is 5.06. The van der Waals surface area contributed by atoms with Gasteiger partial charge in [0.1, 0.15) is 0 Å². The molecule has 0 bridgehead atoms. The molecule has 88 valence electrons. The fraction of sp³-hybridized carbons (Fsp3) is 0.167. The number of aromatic amines is 1. The van der Waals surface area contributed by atoms with E-state index in [9.17, 15) is 4.79 Å². The number of hydrogen-bond donors (Lipinski definition) is 2. The Hall–Kier alpha value is -2.30. The summed E-state index contributed by atoms with van der Waals surface area (Å²) >= 11 is 0. The molecular formula is C12H12N2O3. The molecule has 5 heteroatoms. The number of carbonyl (C=O) groups is 1. The van der Waals surface area contributed by atoms with Gasteiger partial charge in [-0.1, -0.05) is 29.8 Å². The Morgan fingerprint density at radius 2 is 2.24 bits per heavy atom. The van der Waals surface area contributed by atoms with Gasteiger partial charge < -0.3 is 9.84 Å². The summed E-state index contributed by atoms with van der Waals surface area (Å²) in [6.45, 7) is 1.94. The maximum absolute atomic E-state index is 11.1. The molecule has 0 radical (unpaired) electrons. The predicted molar refractivity (Wildman–Crippen MR) is 62.3 cm³/mol. The zero-order chi connectivity index (χ0) is 12.4. The van der Waals surface area contributed by atoms with Crippen LogP contribution in [0, 0.1) is 6.92 Å². The minimum Gasteiger partial charge on any atom is -0.479 e. The first-order valence-corrected chi connectivity index (χ1v) is 5.06. The molecule has 0 unspecified atom stereocenters. The number of hydrogen-bond acceptors (Lipinski definition) is 3. The Bertz CT molecular complexity index is 561. The second-order valence-corrected chi connectivity index (χ2v) is 3.66. The quantitative estimate of drug-likeness (QED) is 0.849. The highest BCUT2D eigenvalue weighted by Crippen LogP contribution is 2.31. The highest BCUT2D eigenvalue weighted by Gasteiger charge is 2.20. The van der Waals surface area contributed by atoms with Crippen LogP contribution >= 0.6 is 0 Å². The molecule has 5 nitrogen and oxygen atoms in total. The molecule has 0 fully saturated rings. The molecule has 0 saturated heterocycles. The smallest absolute Gasteiger partial charge is 0.354 e. The van der Waals surface area contributed by atoms with Crippen molar-refractivity contribution < 1.29 is 14.6 Å². The van der Waals surface area contributed by atoms with Crippen LogP contribution in [0.15, 0.2) is 24.3 Å². The SMILES string of the molecule is COc1n[nH]c(C(=O)O)c1-c1cccc(C)c1. The summed E-state index contributed by atoms with van der Waals surface area (Å²) in [5, 5.41) is 15.4. The van der Waals surface area contributed by atoms with Crippen LogP contribution in [0.4, 0.5) is 0 Å². The minimum atomic E-state index is -1.06. The number of nitrogens with zero attached hydrogens (tertiary/aromatic N) is 1. The van der Waals surface area contributed by atoms with Crippen molar-refractivity contribution in [3.8, 4) is 17.0 Å². The predicted octanol–water partition coefficient (Wildman–Crippen LogP) is 2.09. The van der Waals surface area contributed by atoms with Gasteiger partial charge in [0.15, 0.2) is 5.69 Å².